The van der Waals surface area contributed by atoms with Crippen LogP contribution in [0.15, 0.2) is 18.2 Å². The van der Waals surface area contributed by atoms with E-state index in [0.717, 1.165) is 13.0 Å². The first-order chi connectivity index (χ1) is 9.50. The maximum absolute atomic E-state index is 13.9. The minimum atomic E-state index is -0.555. The second kappa shape index (κ2) is 6.55. The number of halogens is 2. The van der Waals surface area contributed by atoms with Crippen LogP contribution in [0.25, 0.3) is 0 Å². The average Bonchev–Trinajstić information content (AvgIpc) is 2.64. The Morgan fingerprint density at radius 2 is 2.25 bits per heavy atom. The molecule has 1 amide bonds. The summed E-state index contributed by atoms with van der Waals surface area (Å²) in [5, 5.41) is 3.60. The van der Waals surface area contributed by atoms with Gasteiger partial charge in [-0.2, -0.15) is 0 Å². The molecule has 1 unspecified atom stereocenters. The molecule has 1 heterocycles. The Hall–Kier alpha value is -1.13. The molecule has 2 rings (SSSR count). The van der Waals surface area contributed by atoms with Gasteiger partial charge in [0.15, 0.2) is 0 Å². The van der Waals surface area contributed by atoms with E-state index in [2.05, 4.69) is 19.2 Å². The Balaban J connectivity index is 2.23. The van der Waals surface area contributed by atoms with Gasteiger partial charge in [-0.15, -0.1) is 0 Å². The third-order valence-corrected chi connectivity index (χ3v) is 4.01. The van der Waals surface area contributed by atoms with Crippen LogP contribution in [0.4, 0.5) is 4.39 Å². The van der Waals surface area contributed by atoms with Gasteiger partial charge in [-0.3, -0.25) is 4.79 Å². The van der Waals surface area contributed by atoms with Gasteiger partial charge in [0, 0.05) is 19.1 Å². The molecule has 20 heavy (non-hydrogen) atoms. The molecule has 0 aliphatic carbocycles. The highest BCUT2D eigenvalue weighted by molar-refractivity contribution is 6.33. The summed E-state index contributed by atoms with van der Waals surface area (Å²) >= 11 is 5.98. The molecular weight excluding hydrogens is 279 g/mol. The molecular formula is C15H20ClFN2O. The SMILES string of the molecule is CC(C)C1CN(C(=O)c2c(F)cccc2Cl)CCCN1. The van der Waals surface area contributed by atoms with E-state index < -0.39 is 5.82 Å². The molecule has 1 fully saturated rings. The van der Waals surface area contributed by atoms with Crippen LogP contribution in [0.2, 0.25) is 5.02 Å². The van der Waals surface area contributed by atoms with E-state index in [-0.39, 0.29) is 22.5 Å². The number of amides is 1. The number of rotatable bonds is 2. The summed E-state index contributed by atoms with van der Waals surface area (Å²) in [6.45, 7) is 6.31. The average molecular weight is 299 g/mol. The minimum Gasteiger partial charge on any atom is -0.337 e. The van der Waals surface area contributed by atoms with E-state index in [1.54, 1.807) is 11.0 Å². The Labute approximate surface area is 124 Å². The van der Waals surface area contributed by atoms with E-state index >= 15 is 0 Å². The van der Waals surface area contributed by atoms with E-state index in [1.165, 1.54) is 12.1 Å². The Morgan fingerprint density at radius 3 is 2.90 bits per heavy atom. The van der Waals surface area contributed by atoms with Gasteiger partial charge in [0.25, 0.3) is 5.91 Å². The molecule has 0 aromatic heterocycles. The van der Waals surface area contributed by atoms with Crippen LogP contribution in [0.5, 0.6) is 0 Å². The molecule has 0 saturated carbocycles. The fourth-order valence-corrected chi connectivity index (χ4v) is 2.69. The van der Waals surface area contributed by atoms with Gasteiger partial charge in [-0.25, -0.2) is 4.39 Å². The number of nitrogens with zero attached hydrogens (tertiary/aromatic N) is 1. The lowest BCUT2D eigenvalue weighted by Gasteiger charge is -2.27. The number of hydrogen-bond acceptors (Lipinski definition) is 2. The van der Waals surface area contributed by atoms with Gasteiger partial charge in [0.05, 0.1) is 10.6 Å². The lowest BCUT2D eigenvalue weighted by atomic mass is 10.0. The topological polar surface area (TPSA) is 32.3 Å². The highest BCUT2D eigenvalue weighted by atomic mass is 35.5. The van der Waals surface area contributed by atoms with Gasteiger partial charge in [0.2, 0.25) is 0 Å². The quantitative estimate of drug-likeness (QED) is 0.910. The Bertz CT molecular complexity index is 473. The van der Waals surface area contributed by atoms with Crippen molar-refractivity contribution in [2.45, 2.75) is 26.3 Å². The second-order valence-electron chi connectivity index (χ2n) is 5.51. The Morgan fingerprint density at radius 1 is 1.50 bits per heavy atom. The summed E-state index contributed by atoms with van der Waals surface area (Å²) in [7, 11) is 0. The first kappa shape index (κ1) is 15.3. The number of hydrogen-bond donors (Lipinski definition) is 1. The third kappa shape index (κ3) is 3.30. The van der Waals surface area contributed by atoms with Crippen LogP contribution < -0.4 is 5.32 Å². The minimum absolute atomic E-state index is 0.0152. The maximum Gasteiger partial charge on any atom is 0.258 e. The zero-order valence-electron chi connectivity index (χ0n) is 11.8. The number of carbonyl (C=O) groups excluding carboxylic acids is 1. The van der Waals surface area contributed by atoms with Crippen molar-refractivity contribution in [3.8, 4) is 0 Å². The van der Waals surface area contributed by atoms with Gasteiger partial charge in [-0.1, -0.05) is 31.5 Å². The predicted molar refractivity (Wildman–Crippen MR) is 78.6 cm³/mol. The van der Waals surface area contributed by atoms with Gasteiger partial charge < -0.3 is 10.2 Å². The molecule has 1 saturated heterocycles. The first-order valence-electron chi connectivity index (χ1n) is 6.97. The lowest BCUT2D eigenvalue weighted by molar-refractivity contribution is 0.0741. The summed E-state index contributed by atoms with van der Waals surface area (Å²) in [6, 6.07) is 4.56. The fourth-order valence-electron chi connectivity index (χ4n) is 2.44. The van der Waals surface area contributed by atoms with Crippen LogP contribution in [0.1, 0.15) is 30.6 Å². The summed E-state index contributed by atoms with van der Waals surface area (Å²) in [5.41, 5.74) is -0.0152. The normalized spacial score (nSPS) is 20.1. The van der Waals surface area contributed by atoms with E-state index in [0.29, 0.717) is 19.0 Å². The number of nitrogens with one attached hydrogen (secondary N) is 1. The predicted octanol–water partition coefficient (Wildman–Crippen LogP) is 2.94. The first-order valence-corrected chi connectivity index (χ1v) is 7.35. The summed E-state index contributed by atoms with van der Waals surface area (Å²) in [5.74, 6) is -0.456. The number of carbonyl (C=O) groups is 1. The zero-order chi connectivity index (χ0) is 14.7. The second-order valence-corrected chi connectivity index (χ2v) is 5.91. The number of benzene rings is 1. The molecule has 110 valence electrons. The van der Waals surface area contributed by atoms with Gasteiger partial charge in [0.1, 0.15) is 5.82 Å². The lowest BCUT2D eigenvalue weighted by Crippen LogP contribution is -2.43. The van der Waals surface area contributed by atoms with Gasteiger partial charge in [-0.05, 0) is 31.0 Å². The van der Waals surface area contributed by atoms with Crippen molar-refractivity contribution in [3.05, 3.63) is 34.6 Å². The van der Waals surface area contributed by atoms with Crippen molar-refractivity contribution in [2.75, 3.05) is 19.6 Å². The Kier molecular flexibility index (Phi) is 5.00. The third-order valence-electron chi connectivity index (χ3n) is 3.70. The molecule has 0 bridgehead atoms. The van der Waals surface area contributed by atoms with Crippen LogP contribution >= 0.6 is 11.6 Å². The molecule has 0 radical (unpaired) electrons. The molecule has 0 spiro atoms. The molecule has 1 aromatic carbocycles. The van der Waals surface area contributed by atoms with Crippen molar-refractivity contribution in [2.24, 2.45) is 5.92 Å². The van der Waals surface area contributed by atoms with E-state index in [4.69, 9.17) is 11.6 Å². The van der Waals surface area contributed by atoms with Crippen molar-refractivity contribution in [3.63, 3.8) is 0 Å². The van der Waals surface area contributed by atoms with Crippen LogP contribution in [0, 0.1) is 11.7 Å². The molecule has 1 atom stereocenters. The summed E-state index contributed by atoms with van der Waals surface area (Å²) in [4.78, 5) is 14.2. The smallest absolute Gasteiger partial charge is 0.258 e. The fraction of sp³-hybridized carbons (Fsp3) is 0.533. The van der Waals surface area contributed by atoms with Crippen molar-refractivity contribution < 1.29 is 9.18 Å². The van der Waals surface area contributed by atoms with Crippen LogP contribution in [-0.2, 0) is 0 Å². The molecule has 1 aliphatic heterocycles. The maximum atomic E-state index is 13.9. The van der Waals surface area contributed by atoms with Gasteiger partial charge >= 0.3 is 0 Å². The zero-order valence-corrected chi connectivity index (χ0v) is 12.6. The summed E-state index contributed by atoms with van der Waals surface area (Å²) in [6.07, 6.45) is 0.862. The van der Waals surface area contributed by atoms with Crippen LogP contribution in [0.3, 0.4) is 0 Å². The standard InChI is InChI=1S/C15H20ClFN2O/c1-10(2)13-9-19(8-4-7-18-13)15(20)14-11(16)5-3-6-12(14)17/h3,5-6,10,13,18H,4,7-9H2,1-2H3. The van der Waals surface area contributed by atoms with Crippen molar-refractivity contribution in [1.29, 1.82) is 0 Å². The van der Waals surface area contributed by atoms with E-state index in [1.807, 2.05) is 0 Å². The highest BCUT2D eigenvalue weighted by Gasteiger charge is 2.27. The molecule has 1 aliphatic rings. The van der Waals surface area contributed by atoms with Crippen LogP contribution in [-0.4, -0.2) is 36.5 Å². The molecule has 1 N–H and O–H groups in total. The monoisotopic (exact) mass is 298 g/mol. The van der Waals surface area contributed by atoms with E-state index in [9.17, 15) is 9.18 Å². The largest absolute Gasteiger partial charge is 0.337 e. The molecule has 5 heteroatoms. The highest BCUT2D eigenvalue weighted by Crippen LogP contribution is 2.22. The van der Waals surface area contributed by atoms with Crippen molar-refractivity contribution in [1.82, 2.24) is 10.2 Å². The molecule has 3 nitrogen and oxygen atoms in total. The summed E-state index contributed by atoms with van der Waals surface area (Å²) < 4.78 is 13.9. The molecule has 1 aromatic rings. The van der Waals surface area contributed by atoms with Crippen molar-refractivity contribution >= 4 is 17.5 Å².